The van der Waals surface area contributed by atoms with Crippen LogP contribution in [0.25, 0.3) is 5.57 Å². The van der Waals surface area contributed by atoms with E-state index < -0.39 is 0 Å². The second-order valence-electron chi connectivity index (χ2n) is 4.95. The van der Waals surface area contributed by atoms with Crippen LogP contribution in [-0.4, -0.2) is 10.9 Å². The molecule has 0 unspecified atom stereocenters. The summed E-state index contributed by atoms with van der Waals surface area (Å²) in [5.74, 6) is -0.312. The smallest absolute Gasteiger partial charge is 0.258 e. The van der Waals surface area contributed by atoms with Crippen molar-refractivity contribution in [3.05, 3.63) is 88.7 Å². The summed E-state index contributed by atoms with van der Waals surface area (Å²) in [4.78, 5) is 16.3. The maximum atomic E-state index is 12.4. The minimum Gasteiger partial charge on any atom is -0.321 e. The Morgan fingerprint density at radius 3 is 2.58 bits per heavy atom. The Morgan fingerprint density at radius 2 is 1.88 bits per heavy atom. The molecule has 5 heteroatoms. The van der Waals surface area contributed by atoms with Gasteiger partial charge in [0.05, 0.1) is 5.56 Å². The highest BCUT2D eigenvalue weighted by molar-refractivity contribution is 6.33. The van der Waals surface area contributed by atoms with Gasteiger partial charge in [-0.05, 0) is 36.8 Å². The number of allylic oxidation sites excluding steroid dienone is 5. The van der Waals surface area contributed by atoms with E-state index in [1.165, 1.54) is 6.20 Å². The summed E-state index contributed by atoms with van der Waals surface area (Å²) in [6.45, 7) is 5.54. The van der Waals surface area contributed by atoms with Gasteiger partial charge in [-0.25, -0.2) is 4.98 Å². The second kappa shape index (κ2) is 8.48. The Labute approximate surface area is 151 Å². The van der Waals surface area contributed by atoms with Gasteiger partial charge in [-0.1, -0.05) is 60.1 Å². The Balaban J connectivity index is 2.31. The lowest BCUT2D eigenvalue weighted by Crippen LogP contribution is -2.14. The van der Waals surface area contributed by atoms with Gasteiger partial charge in [-0.15, -0.1) is 0 Å². The first-order valence-corrected chi connectivity index (χ1v) is 7.96. The van der Waals surface area contributed by atoms with E-state index in [4.69, 9.17) is 23.2 Å². The molecule has 0 radical (unpaired) electrons. The summed E-state index contributed by atoms with van der Waals surface area (Å²) in [7, 11) is 0. The summed E-state index contributed by atoms with van der Waals surface area (Å²) in [6.07, 6.45) is 6.71. The zero-order chi connectivity index (χ0) is 17.5. The largest absolute Gasteiger partial charge is 0.321 e. The molecule has 3 nitrogen and oxygen atoms in total. The molecule has 0 saturated heterocycles. The Kier molecular flexibility index (Phi) is 6.36. The number of hydrogen-bond acceptors (Lipinski definition) is 2. The number of nitrogens with one attached hydrogen (secondary N) is 1. The summed E-state index contributed by atoms with van der Waals surface area (Å²) >= 11 is 11.9. The van der Waals surface area contributed by atoms with Crippen LogP contribution in [0.1, 0.15) is 22.8 Å². The van der Waals surface area contributed by atoms with Crippen LogP contribution in [0.3, 0.4) is 0 Å². The van der Waals surface area contributed by atoms with Crippen molar-refractivity contribution in [3.8, 4) is 0 Å². The zero-order valence-electron chi connectivity index (χ0n) is 13.1. The average molecular weight is 359 g/mol. The SMILES string of the molecule is C=C/C(Cl)=C\C=C(/C)c1ccccc1NC(=O)c1cccnc1Cl. The zero-order valence-corrected chi connectivity index (χ0v) is 14.6. The number of halogens is 2. The van der Waals surface area contributed by atoms with E-state index in [0.717, 1.165) is 11.1 Å². The minimum absolute atomic E-state index is 0.167. The van der Waals surface area contributed by atoms with Crippen LogP contribution in [-0.2, 0) is 0 Å². The van der Waals surface area contributed by atoms with Crippen LogP contribution < -0.4 is 5.32 Å². The molecule has 1 heterocycles. The van der Waals surface area contributed by atoms with Crippen molar-refractivity contribution in [1.82, 2.24) is 4.98 Å². The van der Waals surface area contributed by atoms with Gasteiger partial charge < -0.3 is 5.32 Å². The number of pyridine rings is 1. The standard InChI is InChI=1S/C19H16Cl2N2O/c1-3-14(20)11-10-13(2)15-7-4-5-9-17(15)23-19(24)16-8-6-12-22-18(16)21/h3-12H,1H2,2H3,(H,23,24)/b13-10+,14-11+. The number of nitrogens with zero attached hydrogens (tertiary/aromatic N) is 1. The molecule has 0 bridgehead atoms. The highest BCUT2D eigenvalue weighted by atomic mass is 35.5. The molecule has 1 N–H and O–H groups in total. The van der Waals surface area contributed by atoms with E-state index in [1.807, 2.05) is 37.3 Å². The number of benzene rings is 1. The first-order chi connectivity index (χ1) is 11.5. The fraction of sp³-hybridized carbons (Fsp3) is 0.0526. The number of aromatic nitrogens is 1. The van der Waals surface area contributed by atoms with E-state index in [2.05, 4.69) is 16.9 Å². The van der Waals surface area contributed by atoms with Crippen LogP contribution in [0.4, 0.5) is 5.69 Å². The van der Waals surface area contributed by atoms with Crippen molar-refractivity contribution in [3.63, 3.8) is 0 Å². The van der Waals surface area contributed by atoms with Crippen molar-refractivity contribution < 1.29 is 4.79 Å². The van der Waals surface area contributed by atoms with Crippen LogP contribution in [0.15, 0.2) is 72.4 Å². The van der Waals surface area contributed by atoms with Gasteiger partial charge in [0.15, 0.2) is 0 Å². The summed E-state index contributed by atoms with van der Waals surface area (Å²) in [5.41, 5.74) is 2.84. The van der Waals surface area contributed by atoms with Crippen molar-refractivity contribution in [2.45, 2.75) is 6.92 Å². The van der Waals surface area contributed by atoms with Gasteiger partial charge in [0.25, 0.3) is 5.91 Å². The van der Waals surface area contributed by atoms with Crippen LogP contribution >= 0.6 is 23.2 Å². The molecule has 1 aromatic heterocycles. The lowest BCUT2D eigenvalue weighted by molar-refractivity contribution is 0.102. The Bertz CT molecular complexity index is 826. The van der Waals surface area contributed by atoms with E-state index in [-0.39, 0.29) is 11.1 Å². The molecule has 1 aromatic carbocycles. The van der Waals surface area contributed by atoms with Gasteiger partial charge in [0, 0.05) is 22.5 Å². The number of rotatable bonds is 5. The molecule has 0 saturated carbocycles. The molecule has 1 amide bonds. The topological polar surface area (TPSA) is 42.0 Å². The predicted octanol–water partition coefficient (Wildman–Crippen LogP) is 5.70. The number of amides is 1. The van der Waals surface area contributed by atoms with Gasteiger partial charge in [-0.2, -0.15) is 0 Å². The average Bonchev–Trinajstić information content (AvgIpc) is 2.60. The summed E-state index contributed by atoms with van der Waals surface area (Å²) in [5, 5.41) is 3.58. The van der Waals surface area contributed by atoms with E-state index in [0.29, 0.717) is 16.3 Å². The molecule has 0 atom stereocenters. The lowest BCUT2D eigenvalue weighted by atomic mass is 10.0. The first-order valence-electron chi connectivity index (χ1n) is 7.20. The molecule has 2 rings (SSSR count). The van der Waals surface area contributed by atoms with Crippen molar-refractivity contribution in [2.75, 3.05) is 5.32 Å². The van der Waals surface area contributed by atoms with Crippen LogP contribution in [0.5, 0.6) is 0 Å². The van der Waals surface area contributed by atoms with E-state index in [9.17, 15) is 4.79 Å². The monoisotopic (exact) mass is 358 g/mol. The van der Waals surface area contributed by atoms with Crippen LogP contribution in [0.2, 0.25) is 5.15 Å². The van der Waals surface area contributed by atoms with Gasteiger partial charge in [0.2, 0.25) is 0 Å². The molecule has 0 aliphatic carbocycles. The maximum Gasteiger partial charge on any atom is 0.258 e. The molecule has 0 spiro atoms. The van der Waals surface area contributed by atoms with Crippen molar-refractivity contribution >= 4 is 40.4 Å². The molecular weight excluding hydrogens is 343 g/mol. The predicted molar refractivity (Wildman–Crippen MR) is 101 cm³/mol. The van der Waals surface area contributed by atoms with E-state index in [1.54, 1.807) is 24.3 Å². The Hall–Kier alpha value is -2.36. The van der Waals surface area contributed by atoms with E-state index >= 15 is 0 Å². The molecule has 0 fully saturated rings. The molecule has 2 aromatic rings. The van der Waals surface area contributed by atoms with Gasteiger partial charge in [0.1, 0.15) is 5.15 Å². The second-order valence-corrected chi connectivity index (χ2v) is 5.74. The van der Waals surface area contributed by atoms with Gasteiger partial charge in [-0.3, -0.25) is 4.79 Å². The summed E-state index contributed by atoms with van der Waals surface area (Å²) < 4.78 is 0. The maximum absolute atomic E-state index is 12.4. The molecular formula is C19H16Cl2N2O. The number of hydrogen-bond donors (Lipinski definition) is 1. The molecule has 24 heavy (non-hydrogen) atoms. The van der Waals surface area contributed by atoms with Crippen molar-refractivity contribution in [2.24, 2.45) is 0 Å². The van der Waals surface area contributed by atoms with Crippen molar-refractivity contribution in [1.29, 1.82) is 0 Å². The number of carbonyl (C=O) groups is 1. The third-order valence-electron chi connectivity index (χ3n) is 3.29. The first kappa shape index (κ1) is 18.0. The quantitative estimate of drug-likeness (QED) is 0.550. The number of carbonyl (C=O) groups excluding carboxylic acids is 1. The molecule has 0 aliphatic rings. The highest BCUT2D eigenvalue weighted by Crippen LogP contribution is 2.25. The minimum atomic E-state index is -0.312. The fourth-order valence-corrected chi connectivity index (χ4v) is 2.31. The third-order valence-corrected chi connectivity index (χ3v) is 3.87. The normalized spacial score (nSPS) is 12.0. The van der Waals surface area contributed by atoms with Gasteiger partial charge >= 0.3 is 0 Å². The lowest BCUT2D eigenvalue weighted by Gasteiger charge is -2.12. The molecule has 0 aliphatic heterocycles. The molecule has 122 valence electrons. The third kappa shape index (κ3) is 4.57. The summed E-state index contributed by atoms with van der Waals surface area (Å²) in [6, 6.07) is 10.8. The Morgan fingerprint density at radius 1 is 1.17 bits per heavy atom. The highest BCUT2D eigenvalue weighted by Gasteiger charge is 2.13. The van der Waals surface area contributed by atoms with Crippen LogP contribution in [0, 0.1) is 0 Å². The fourth-order valence-electron chi connectivity index (χ4n) is 2.04. The number of para-hydroxylation sites is 1. The number of anilines is 1.